The second-order valence-corrected chi connectivity index (χ2v) is 5.14. The van der Waals surface area contributed by atoms with Crippen LogP contribution in [-0.4, -0.2) is 29.5 Å². The predicted molar refractivity (Wildman–Crippen MR) is 89.7 cm³/mol. The summed E-state index contributed by atoms with van der Waals surface area (Å²) in [5, 5.41) is 6.04. The lowest BCUT2D eigenvalue weighted by Gasteiger charge is -2.09. The number of hydrogen-bond donors (Lipinski definition) is 2. The molecule has 0 atom stereocenters. The number of anilines is 1. The number of hydrogen-bond acceptors (Lipinski definition) is 5. The first-order valence-corrected chi connectivity index (χ1v) is 7.63. The fourth-order valence-corrected chi connectivity index (χ4v) is 2.04. The Morgan fingerprint density at radius 3 is 2.61 bits per heavy atom. The van der Waals surface area contributed by atoms with Crippen LogP contribution >= 0.6 is 0 Å². The second kappa shape index (κ2) is 8.12. The Hall–Kier alpha value is -2.63. The number of ether oxygens (including phenoxy) is 1. The molecule has 0 aliphatic carbocycles. The van der Waals surface area contributed by atoms with Crippen molar-refractivity contribution in [1.82, 2.24) is 15.3 Å². The molecular weight excluding hydrogens is 292 g/mol. The highest BCUT2D eigenvalue weighted by Crippen LogP contribution is 2.11. The van der Waals surface area contributed by atoms with E-state index in [4.69, 9.17) is 4.74 Å². The summed E-state index contributed by atoms with van der Waals surface area (Å²) in [6.45, 7) is 5.09. The van der Waals surface area contributed by atoms with Crippen LogP contribution in [0.5, 0.6) is 5.75 Å². The number of carbonyl (C=O) groups excluding carboxylic acids is 1. The molecule has 1 amide bonds. The van der Waals surface area contributed by atoms with Crippen molar-refractivity contribution in [1.29, 1.82) is 0 Å². The molecule has 0 unspecified atom stereocenters. The summed E-state index contributed by atoms with van der Waals surface area (Å²) in [5.74, 6) is 1.82. The summed E-state index contributed by atoms with van der Waals surface area (Å²) in [6.07, 6.45) is 0.988. The molecule has 0 aliphatic rings. The van der Waals surface area contributed by atoms with Gasteiger partial charge in [-0.05, 0) is 31.0 Å². The minimum absolute atomic E-state index is 0.217. The van der Waals surface area contributed by atoms with Crippen LogP contribution in [0.25, 0.3) is 0 Å². The number of nitrogens with one attached hydrogen (secondary N) is 2. The molecule has 0 bridgehead atoms. The maximum Gasteiger partial charge on any atom is 0.270 e. The van der Waals surface area contributed by atoms with Gasteiger partial charge in [-0.15, -0.1) is 0 Å². The first-order valence-electron chi connectivity index (χ1n) is 7.63. The minimum atomic E-state index is -0.217. The molecule has 1 aromatic carbocycles. The third-order valence-corrected chi connectivity index (χ3v) is 3.24. The van der Waals surface area contributed by atoms with Crippen LogP contribution in [0.3, 0.4) is 0 Å². The van der Waals surface area contributed by atoms with E-state index < -0.39 is 0 Å². The molecule has 1 heterocycles. The zero-order chi connectivity index (χ0) is 16.7. The van der Waals surface area contributed by atoms with Crippen molar-refractivity contribution >= 4 is 11.7 Å². The number of amides is 1. The fourth-order valence-electron chi connectivity index (χ4n) is 2.04. The van der Waals surface area contributed by atoms with Gasteiger partial charge >= 0.3 is 0 Å². The number of methoxy groups -OCH3 is 1. The number of carbonyl (C=O) groups is 1. The van der Waals surface area contributed by atoms with Crippen molar-refractivity contribution in [2.75, 3.05) is 19.0 Å². The van der Waals surface area contributed by atoms with Gasteiger partial charge < -0.3 is 15.4 Å². The van der Waals surface area contributed by atoms with E-state index in [2.05, 4.69) is 27.5 Å². The summed E-state index contributed by atoms with van der Waals surface area (Å²) in [7, 11) is 1.62. The predicted octanol–water partition coefficient (Wildman–Crippen LogP) is 2.55. The first kappa shape index (κ1) is 16.7. The number of rotatable bonds is 7. The smallest absolute Gasteiger partial charge is 0.270 e. The minimum Gasteiger partial charge on any atom is -0.497 e. The maximum absolute atomic E-state index is 12.3. The van der Waals surface area contributed by atoms with E-state index in [1.807, 2.05) is 24.3 Å². The van der Waals surface area contributed by atoms with E-state index in [0.717, 1.165) is 24.3 Å². The summed E-state index contributed by atoms with van der Waals surface area (Å²) < 4.78 is 5.11. The highest BCUT2D eigenvalue weighted by atomic mass is 16.5. The van der Waals surface area contributed by atoms with Crippen molar-refractivity contribution in [3.63, 3.8) is 0 Å². The molecule has 0 radical (unpaired) electrons. The van der Waals surface area contributed by atoms with Gasteiger partial charge in [0.2, 0.25) is 0 Å². The second-order valence-electron chi connectivity index (χ2n) is 5.14. The average Bonchev–Trinajstić information content (AvgIpc) is 2.57. The molecule has 1 aromatic heterocycles. The molecule has 23 heavy (non-hydrogen) atoms. The third kappa shape index (κ3) is 4.95. The number of aryl methyl sites for hydroxylation is 1. The largest absolute Gasteiger partial charge is 0.497 e. The summed E-state index contributed by atoms with van der Waals surface area (Å²) in [4.78, 5) is 20.7. The monoisotopic (exact) mass is 314 g/mol. The molecule has 2 aromatic rings. The van der Waals surface area contributed by atoms with Gasteiger partial charge in [0.25, 0.3) is 5.91 Å². The lowest BCUT2D eigenvalue weighted by molar-refractivity contribution is 0.0945. The van der Waals surface area contributed by atoms with Crippen LogP contribution < -0.4 is 15.4 Å². The number of nitrogens with zero attached hydrogens (tertiary/aromatic N) is 2. The van der Waals surface area contributed by atoms with E-state index in [1.54, 1.807) is 20.1 Å². The number of benzene rings is 1. The van der Waals surface area contributed by atoms with Crippen LogP contribution in [-0.2, 0) is 6.54 Å². The Labute approximate surface area is 136 Å². The van der Waals surface area contributed by atoms with Gasteiger partial charge in [-0.25, -0.2) is 9.97 Å². The van der Waals surface area contributed by atoms with E-state index in [-0.39, 0.29) is 5.91 Å². The normalized spacial score (nSPS) is 10.2. The van der Waals surface area contributed by atoms with Crippen molar-refractivity contribution in [2.24, 2.45) is 0 Å². The number of aromatic nitrogens is 2. The van der Waals surface area contributed by atoms with Crippen molar-refractivity contribution in [3.8, 4) is 5.75 Å². The van der Waals surface area contributed by atoms with Gasteiger partial charge in [-0.3, -0.25) is 4.79 Å². The molecule has 0 saturated heterocycles. The highest BCUT2D eigenvalue weighted by Gasteiger charge is 2.10. The van der Waals surface area contributed by atoms with Gasteiger partial charge in [0.1, 0.15) is 23.1 Å². The van der Waals surface area contributed by atoms with Crippen molar-refractivity contribution in [3.05, 3.63) is 47.4 Å². The molecule has 2 rings (SSSR count). The van der Waals surface area contributed by atoms with Gasteiger partial charge in [-0.2, -0.15) is 0 Å². The van der Waals surface area contributed by atoms with Crippen LogP contribution in [0.2, 0.25) is 0 Å². The third-order valence-electron chi connectivity index (χ3n) is 3.24. The first-order chi connectivity index (χ1) is 11.1. The molecule has 2 N–H and O–H groups in total. The Morgan fingerprint density at radius 1 is 1.22 bits per heavy atom. The van der Waals surface area contributed by atoms with Crippen LogP contribution in [0, 0.1) is 6.92 Å². The Kier molecular flexibility index (Phi) is 5.91. The zero-order valence-electron chi connectivity index (χ0n) is 13.7. The SMILES string of the molecule is CCCNc1cc(C(=O)NCc2ccc(OC)cc2)nc(C)n1. The molecule has 0 saturated carbocycles. The molecule has 0 spiro atoms. The Morgan fingerprint density at radius 2 is 1.96 bits per heavy atom. The van der Waals surface area contributed by atoms with E-state index in [9.17, 15) is 4.79 Å². The molecule has 0 fully saturated rings. The van der Waals surface area contributed by atoms with Crippen molar-refractivity contribution in [2.45, 2.75) is 26.8 Å². The quantitative estimate of drug-likeness (QED) is 0.821. The van der Waals surface area contributed by atoms with Crippen molar-refractivity contribution < 1.29 is 9.53 Å². The molecule has 6 heteroatoms. The fraction of sp³-hybridized carbons (Fsp3) is 0.353. The molecular formula is C17H22N4O2. The lowest BCUT2D eigenvalue weighted by atomic mass is 10.2. The van der Waals surface area contributed by atoms with E-state index >= 15 is 0 Å². The van der Waals surface area contributed by atoms with Gasteiger partial charge in [0.15, 0.2) is 0 Å². The molecule has 122 valence electrons. The average molecular weight is 314 g/mol. The van der Waals surface area contributed by atoms with E-state index in [0.29, 0.717) is 23.9 Å². The standard InChI is InChI=1S/C17H22N4O2/c1-4-9-18-16-10-15(20-12(2)21-16)17(22)19-11-13-5-7-14(23-3)8-6-13/h5-8,10H,4,9,11H2,1-3H3,(H,19,22)(H,18,20,21). The summed E-state index contributed by atoms with van der Waals surface area (Å²) >= 11 is 0. The highest BCUT2D eigenvalue weighted by molar-refractivity contribution is 5.92. The lowest BCUT2D eigenvalue weighted by Crippen LogP contribution is -2.24. The van der Waals surface area contributed by atoms with Gasteiger partial charge in [0, 0.05) is 19.2 Å². The summed E-state index contributed by atoms with van der Waals surface area (Å²) in [6, 6.07) is 9.23. The van der Waals surface area contributed by atoms with Crippen LogP contribution in [0.1, 0.15) is 35.2 Å². The molecule has 0 aliphatic heterocycles. The zero-order valence-corrected chi connectivity index (χ0v) is 13.7. The van der Waals surface area contributed by atoms with Gasteiger partial charge in [0.05, 0.1) is 7.11 Å². The summed E-state index contributed by atoms with van der Waals surface area (Å²) in [5.41, 5.74) is 1.36. The molecule has 6 nitrogen and oxygen atoms in total. The maximum atomic E-state index is 12.3. The van der Waals surface area contributed by atoms with Crippen LogP contribution in [0.15, 0.2) is 30.3 Å². The van der Waals surface area contributed by atoms with Crippen LogP contribution in [0.4, 0.5) is 5.82 Å². The Bertz CT molecular complexity index is 656. The van der Waals surface area contributed by atoms with E-state index in [1.165, 1.54) is 0 Å². The Balaban J connectivity index is 2.00. The van der Waals surface area contributed by atoms with Gasteiger partial charge in [-0.1, -0.05) is 19.1 Å². The topological polar surface area (TPSA) is 76.1 Å².